The van der Waals surface area contributed by atoms with Gasteiger partial charge in [-0.1, -0.05) is 18.2 Å². The van der Waals surface area contributed by atoms with Gasteiger partial charge in [0.25, 0.3) is 0 Å². The summed E-state index contributed by atoms with van der Waals surface area (Å²) in [4.78, 5) is 37.6. The molecule has 2 N–H and O–H groups in total. The van der Waals surface area contributed by atoms with Crippen molar-refractivity contribution >= 4 is 23.4 Å². The molecule has 1 aromatic carbocycles. The number of fused-ring (bicyclic) bond motifs is 1. The fourth-order valence-electron chi connectivity index (χ4n) is 3.10. The van der Waals surface area contributed by atoms with Gasteiger partial charge in [0.1, 0.15) is 6.04 Å². The fraction of sp³-hybridized carbons (Fsp3) is 0.438. The zero-order valence-corrected chi connectivity index (χ0v) is 12.5. The van der Waals surface area contributed by atoms with Crippen LogP contribution in [0.2, 0.25) is 0 Å². The van der Waals surface area contributed by atoms with E-state index >= 15 is 0 Å². The highest BCUT2D eigenvalue weighted by molar-refractivity contribution is 6.02. The van der Waals surface area contributed by atoms with E-state index in [4.69, 9.17) is 0 Å². The van der Waals surface area contributed by atoms with Gasteiger partial charge in [-0.25, -0.2) is 0 Å². The third kappa shape index (κ3) is 2.68. The Kier molecular flexibility index (Phi) is 3.83. The maximum absolute atomic E-state index is 12.6. The van der Waals surface area contributed by atoms with E-state index in [0.29, 0.717) is 12.8 Å². The molecular weight excluding hydrogens is 282 g/mol. The molecule has 0 spiro atoms. The Bertz CT molecular complexity index is 629. The Hall–Kier alpha value is -2.37. The van der Waals surface area contributed by atoms with Crippen molar-refractivity contribution in [1.82, 2.24) is 10.6 Å². The summed E-state index contributed by atoms with van der Waals surface area (Å²) in [5.74, 6) is -1.08. The van der Waals surface area contributed by atoms with E-state index in [-0.39, 0.29) is 24.2 Å². The van der Waals surface area contributed by atoms with Crippen molar-refractivity contribution in [3.05, 3.63) is 29.8 Å². The first-order chi connectivity index (χ1) is 10.6. The molecule has 1 saturated heterocycles. The number of piperidine rings is 1. The number of para-hydroxylation sites is 1. The van der Waals surface area contributed by atoms with Crippen LogP contribution in [-0.4, -0.2) is 37.4 Å². The number of nitrogens with one attached hydrogen (secondary N) is 2. The monoisotopic (exact) mass is 301 g/mol. The maximum atomic E-state index is 12.6. The van der Waals surface area contributed by atoms with Crippen molar-refractivity contribution in [2.24, 2.45) is 0 Å². The van der Waals surface area contributed by atoms with E-state index in [1.807, 2.05) is 31.3 Å². The SMILES string of the molecule is CN1CCC(C(=O)N[C@H]2CCC(=O)NC2=O)c2ccccc21. The third-order valence-corrected chi connectivity index (χ3v) is 4.35. The van der Waals surface area contributed by atoms with Crippen LogP contribution in [0.4, 0.5) is 5.69 Å². The Labute approximate surface area is 128 Å². The highest BCUT2D eigenvalue weighted by atomic mass is 16.2. The number of imide groups is 1. The van der Waals surface area contributed by atoms with E-state index in [0.717, 1.165) is 17.8 Å². The van der Waals surface area contributed by atoms with Crippen LogP contribution in [0.1, 0.15) is 30.7 Å². The average molecular weight is 301 g/mol. The van der Waals surface area contributed by atoms with Crippen molar-refractivity contribution in [3.63, 3.8) is 0 Å². The molecule has 2 heterocycles. The highest BCUT2D eigenvalue weighted by Gasteiger charge is 2.33. The number of amides is 3. The number of anilines is 1. The van der Waals surface area contributed by atoms with Crippen molar-refractivity contribution in [2.75, 3.05) is 18.5 Å². The molecule has 1 unspecified atom stereocenters. The molecule has 0 radical (unpaired) electrons. The summed E-state index contributed by atoms with van der Waals surface area (Å²) in [5, 5.41) is 5.06. The summed E-state index contributed by atoms with van der Waals surface area (Å²) in [6.45, 7) is 0.796. The fourth-order valence-corrected chi connectivity index (χ4v) is 3.10. The summed E-state index contributed by atoms with van der Waals surface area (Å²) in [6.07, 6.45) is 1.35. The molecule has 0 bridgehead atoms. The molecule has 0 aromatic heterocycles. The van der Waals surface area contributed by atoms with Crippen LogP contribution in [0.25, 0.3) is 0 Å². The lowest BCUT2D eigenvalue weighted by Crippen LogP contribution is -2.53. The number of hydrogen-bond donors (Lipinski definition) is 2. The van der Waals surface area contributed by atoms with Crippen LogP contribution in [0, 0.1) is 0 Å². The van der Waals surface area contributed by atoms with Crippen LogP contribution in [0.15, 0.2) is 24.3 Å². The Morgan fingerprint density at radius 3 is 2.82 bits per heavy atom. The van der Waals surface area contributed by atoms with Crippen LogP contribution in [0.5, 0.6) is 0 Å². The second kappa shape index (κ2) is 5.79. The second-order valence-electron chi connectivity index (χ2n) is 5.83. The number of rotatable bonds is 2. The lowest BCUT2D eigenvalue weighted by molar-refractivity contribution is -0.137. The van der Waals surface area contributed by atoms with E-state index < -0.39 is 11.9 Å². The minimum absolute atomic E-state index is 0.143. The molecule has 22 heavy (non-hydrogen) atoms. The van der Waals surface area contributed by atoms with Gasteiger partial charge in [0.15, 0.2) is 0 Å². The summed E-state index contributed by atoms with van der Waals surface area (Å²) in [5.41, 5.74) is 2.04. The molecule has 2 aliphatic rings. The van der Waals surface area contributed by atoms with Gasteiger partial charge < -0.3 is 10.2 Å². The molecule has 1 aromatic rings. The minimum atomic E-state index is -0.614. The first kappa shape index (κ1) is 14.6. The zero-order valence-electron chi connectivity index (χ0n) is 12.5. The molecule has 116 valence electrons. The number of carbonyl (C=O) groups is 3. The van der Waals surface area contributed by atoms with Crippen molar-refractivity contribution in [3.8, 4) is 0 Å². The summed E-state index contributed by atoms with van der Waals surface area (Å²) in [7, 11) is 2.01. The van der Waals surface area contributed by atoms with E-state index in [2.05, 4.69) is 15.5 Å². The van der Waals surface area contributed by atoms with Crippen LogP contribution >= 0.6 is 0 Å². The van der Waals surface area contributed by atoms with E-state index in [1.54, 1.807) is 0 Å². The number of carbonyl (C=O) groups excluding carboxylic acids is 3. The topological polar surface area (TPSA) is 78.5 Å². The smallest absolute Gasteiger partial charge is 0.249 e. The van der Waals surface area contributed by atoms with Gasteiger partial charge >= 0.3 is 0 Å². The van der Waals surface area contributed by atoms with Crippen LogP contribution < -0.4 is 15.5 Å². The summed E-state index contributed by atoms with van der Waals surface area (Å²) in [6, 6.07) is 7.22. The molecule has 3 amide bonds. The van der Waals surface area contributed by atoms with E-state index in [1.165, 1.54) is 0 Å². The second-order valence-corrected chi connectivity index (χ2v) is 5.83. The van der Waals surface area contributed by atoms with Gasteiger partial charge in [-0.05, 0) is 24.5 Å². The number of benzene rings is 1. The van der Waals surface area contributed by atoms with Gasteiger partial charge in [-0.15, -0.1) is 0 Å². The maximum Gasteiger partial charge on any atom is 0.249 e. The van der Waals surface area contributed by atoms with Gasteiger partial charge in [0.2, 0.25) is 17.7 Å². The molecule has 6 nitrogen and oxygen atoms in total. The van der Waals surface area contributed by atoms with Gasteiger partial charge in [-0.3, -0.25) is 19.7 Å². The summed E-state index contributed by atoms with van der Waals surface area (Å²) < 4.78 is 0. The summed E-state index contributed by atoms with van der Waals surface area (Å²) >= 11 is 0. The molecule has 1 fully saturated rings. The average Bonchev–Trinajstić information content (AvgIpc) is 2.50. The lowest BCUT2D eigenvalue weighted by atomic mass is 9.89. The normalized spacial score (nSPS) is 24.5. The molecule has 3 rings (SSSR count). The third-order valence-electron chi connectivity index (χ3n) is 4.35. The minimum Gasteiger partial charge on any atom is -0.374 e. The quantitative estimate of drug-likeness (QED) is 0.781. The van der Waals surface area contributed by atoms with Crippen LogP contribution in [-0.2, 0) is 14.4 Å². The largest absolute Gasteiger partial charge is 0.374 e. The van der Waals surface area contributed by atoms with Gasteiger partial charge in [-0.2, -0.15) is 0 Å². The Morgan fingerprint density at radius 1 is 1.27 bits per heavy atom. The first-order valence-corrected chi connectivity index (χ1v) is 7.50. The van der Waals surface area contributed by atoms with Gasteiger partial charge in [0.05, 0.1) is 5.92 Å². The number of nitrogens with zero attached hydrogens (tertiary/aromatic N) is 1. The lowest BCUT2D eigenvalue weighted by Gasteiger charge is -2.33. The van der Waals surface area contributed by atoms with Crippen molar-refractivity contribution in [2.45, 2.75) is 31.2 Å². The molecule has 0 saturated carbocycles. The Balaban J connectivity index is 1.75. The van der Waals surface area contributed by atoms with Crippen molar-refractivity contribution in [1.29, 1.82) is 0 Å². The predicted molar refractivity (Wildman–Crippen MR) is 81.4 cm³/mol. The first-order valence-electron chi connectivity index (χ1n) is 7.50. The highest BCUT2D eigenvalue weighted by Crippen LogP contribution is 2.34. The molecule has 6 heteroatoms. The standard InChI is InChI=1S/C16H19N3O3/c1-19-9-8-11(10-4-2-3-5-13(10)19)15(21)17-12-6-7-14(20)18-16(12)22/h2-5,11-12H,6-9H2,1H3,(H,17,21)(H,18,20,22)/t11?,12-/m0/s1. The predicted octanol–water partition coefficient (Wildman–Crippen LogP) is 0.532. The molecule has 2 aliphatic heterocycles. The molecular formula is C16H19N3O3. The number of hydrogen-bond acceptors (Lipinski definition) is 4. The Morgan fingerprint density at radius 2 is 2.05 bits per heavy atom. The van der Waals surface area contributed by atoms with Crippen molar-refractivity contribution < 1.29 is 14.4 Å². The van der Waals surface area contributed by atoms with Gasteiger partial charge in [0, 0.05) is 25.7 Å². The molecule has 0 aliphatic carbocycles. The molecule has 2 atom stereocenters. The zero-order chi connectivity index (χ0) is 15.7. The van der Waals surface area contributed by atoms with Crippen LogP contribution in [0.3, 0.4) is 0 Å². The van der Waals surface area contributed by atoms with E-state index in [9.17, 15) is 14.4 Å².